The van der Waals surface area contributed by atoms with E-state index in [1.165, 1.54) is 0 Å². The summed E-state index contributed by atoms with van der Waals surface area (Å²) in [5.74, 6) is -1.38. The first-order valence-electron chi connectivity index (χ1n) is 7.86. The third-order valence-corrected chi connectivity index (χ3v) is 5.25. The molecule has 1 amide bonds. The minimum Gasteiger partial charge on any atom is -0.481 e. The van der Waals surface area contributed by atoms with Crippen LogP contribution in [-0.2, 0) is 4.79 Å². The predicted octanol–water partition coefficient (Wildman–Crippen LogP) is 3.40. The van der Waals surface area contributed by atoms with Crippen molar-refractivity contribution in [2.75, 3.05) is 13.1 Å². The van der Waals surface area contributed by atoms with E-state index in [0.29, 0.717) is 18.5 Å². The van der Waals surface area contributed by atoms with Crippen molar-refractivity contribution in [1.29, 1.82) is 0 Å². The van der Waals surface area contributed by atoms with Crippen LogP contribution in [0.15, 0.2) is 34.8 Å². The number of carbonyl (C=O) groups is 2. The van der Waals surface area contributed by atoms with Gasteiger partial charge in [-0.15, -0.1) is 0 Å². The van der Waals surface area contributed by atoms with Gasteiger partial charge in [-0.2, -0.15) is 0 Å². The number of aromatic nitrogens is 1. The van der Waals surface area contributed by atoms with E-state index in [0.717, 1.165) is 21.5 Å². The van der Waals surface area contributed by atoms with Crippen molar-refractivity contribution in [1.82, 2.24) is 9.47 Å². The Morgan fingerprint density at radius 1 is 1.25 bits per heavy atom. The molecule has 2 aromatic rings. The van der Waals surface area contributed by atoms with Gasteiger partial charge in [0, 0.05) is 29.0 Å². The van der Waals surface area contributed by atoms with Gasteiger partial charge in [-0.3, -0.25) is 9.59 Å². The SMILES string of the molecule is Cc1cc(C(=O)N2CCC(C(=O)O)C2)c(C)n1-c1ccccc1Br. The van der Waals surface area contributed by atoms with Gasteiger partial charge in [0.2, 0.25) is 0 Å². The van der Waals surface area contributed by atoms with E-state index in [1.54, 1.807) is 4.90 Å². The number of rotatable bonds is 3. The summed E-state index contributed by atoms with van der Waals surface area (Å²) in [6, 6.07) is 9.75. The van der Waals surface area contributed by atoms with Crippen molar-refractivity contribution < 1.29 is 14.7 Å². The van der Waals surface area contributed by atoms with Crippen LogP contribution in [0.3, 0.4) is 0 Å². The number of hydrogen-bond donors (Lipinski definition) is 1. The van der Waals surface area contributed by atoms with E-state index in [1.807, 2.05) is 48.7 Å². The lowest BCUT2D eigenvalue weighted by Crippen LogP contribution is -2.30. The molecule has 24 heavy (non-hydrogen) atoms. The molecule has 1 aliphatic rings. The van der Waals surface area contributed by atoms with Crippen molar-refractivity contribution in [3.05, 3.63) is 51.8 Å². The van der Waals surface area contributed by atoms with Crippen molar-refractivity contribution in [3.63, 3.8) is 0 Å². The molecule has 3 rings (SSSR count). The lowest BCUT2D eigenvalue weighted by molar-refractivity contribution is -0.141. The second-order valence-electron chi connectivity index (χ2n) is 6.15. The first kappa shape index (κ1) is 16.8. The van der Waals surface area contributed by atoms with Gasteiger partial charge in [0.05, 0.1) is 17.2 Å². The van der Waals surface area contributed by atoms with Gasteiger partial charge in [-0.25, -0.2) is 0 Å². The predicted molar refractivity (Wildman–Crippen MR) is 94.6 cm³/mol. The fourth-order valence-corrected chi connectivity index (χ4v) is 3.76. The monoisotopic (exact) mass is 390 g/mol. The molecule has 0 bridgehead atoms. The standard InChI is InChI=1S/C18H19BrN2O3/c1-11-9-14(17(22)20-8-7-13(10-20)18(23)24)12(2)21(11)16-6-4-3-5-15(16)19/h3-6,9,13H,7-8,10H2,1-2H3,(H,23,24). The zero-order valence-electron chi connectivity index (χ0n) is 13.6. The van der Waals surface area contributed by atoms with E-state index in [2.05, 4.69) is 15.9 Å². The lowest BCUT2D eigenvalue weighted by Gasteiger charge is -2.16. The highest BCUT2D eigenvalue weighted by Crippen LogP contribution is 2.28. The number of benzene rings is 1. The maximum atomic E-state index is 12.8. The van der Waals surface area contributed by atoms with Crippen LogP contribution in [0.1, 0.15) is 28.2 Å². The van der Waals surface area contributed by atoms with E-state index >= 15 is 0 Å². The molecule has 6 heteroatoms. The average molecular weight is 391 g/mol. The van der Waals surface area contributed by atoms with E-state index < -0.39 is 11.9 Å². The molecule has 0 spiro atoms. The zero-order chi connectivity index (χ0) is 17.4. The van der Waals surface area contributed by atoms with Gasteiger partial charge in [0.15, 0.2) is 0 Å². The Labute approximate surface area is 149 Å². The largest absolute Gasteiger partial charge is 0.481 e. The summed E-state index contributed by atoms with van der Waals surface area (Å²) in [5.41, 5.74) is 3.45. The average Bonchev–Trinajstić information content (AvgIpc) is 3.13. The molecule has 1 unspecified atom stereocenters. The number of halogens is 1. The molecule has 1 fully saturated rings. The molecule has 1 aliphatic heterocycles. The van der Waals surface area contributed by atoms with Gasteiger partial charge in [0.25, 0.3) is 5.91 Å². The number of carbonyl (C=O) groups excluding carboxylic acids is 1. The lowest BCUT2D eigenvalue weighted by atomic mass is 10.1. The number of aliphatic carboxylic acids is 1. The quantitative estimate of drug-likeness (QED) is 0.873. The number of carboxylic acids is 1. The van der Waals surface area contributed by atoms with Crippen molar-refractivity contribution in [2.45, 2.75) is 20.3 Å². The Morgan fingerprint density at radius 3 is 2.58 bits per heavy atom. The number of nitrogens with zero attached hydrogens (tertiary/aromatic N) is 2. The Kier molecular flexibility index (Phi) is 4.49. The Morgan fingerprint density at radius 2 is 1.96 bits per heavy atom. The summed E-state index contributed by atoms with van der Waals surface area (Å²) in [7, 11) is 0. The summed E-state index contributed by atoms with van der Waals surface area (Å²) < 4.78 is 3.00. The topological polar surface area (TPSA) is 62.5 Å². The highest BCUT2D eigenvalue weighted by molar-refractivity contribution is 9.10. The number of para-hydroxylation sites is 1. The van der Waals surface area contributed by atoms with Gasteiger partial charge in [-0.05, 0) is 54.4 Å². The molecule has 0 aliphatic carbocycles. The molecule has 2 heterocycles. The first-order chi connectivity index (χ1) is 11.4. The molecule has 1 saturated heterocycles. The van der Waals surface area contributed by atoms with E-state index in [4.69, 9.17) is 5.11 Å². The zero-order valence-corrected chi connectivity index (χ0v) is 15.2. The Hall–Kier alpha value is -2.08. The van der Waals surface area contributed by atoms with Gasteiger partial charge < -0.3 is 14.6 Å². The summed E-state index contributed by atoms with van der Waals surface area (Å²) >= 11 is 3.56. The first-order valence-corrected chi connectivity index (χ1v) is 8.65. The van der Waals surface area contributed by atoms with Gasteiger partial charge in [-0.1, -0.05) is 12.1 Å². The molecule has 126 valence electrons. The van der Waals surface area contributed by atoms with Crippen LogP contribution in [0.2, 0.25) is 0 Å². The number of carboxylic acid groups (broad SMARTS) is 1. The fourth-order valence-electron chi connectivity index (χ4n) is 3.30. The van der Waals surface area contributed by atoms with Crippen LogP contribution < -0.4 is 0 Å². The van der Waals surface area contributed by atoms with Crippen LogP contribution in [0.25, 0.3) is 5.69 Å². The smallest absolute Gasteiger partial charge is 0.308 e. The summed E-state index contributed by atoms with van der Waals surface area (Å²) in [5, 5.41) is 9.12. The van der Waals surface area contributed by atoms with Crippen LogP contribution in [0.4, 0.5) is 0 Å². The van der Waals surface area contributed by atoms with Crippen LogP contribution in [0.5, 0.6) is 0 Å². The highest BCUT2D eigenvalue weighted by Gasteiger charge is 2.32. The van der Waals surface area contributed by atoms with Crippen LogP contribution >= 0.6 is 15.9 Å². The van der Waals surface area contributed by atoms with E-state index in [9.17, 15) is 9.59 Å². The molecule has 5 nitrogen and oxygen atoms in total. The molecular formula is C18H19BrN2O3. The number of likely N-dealkylation sites (tertiary alicyclic amines) is 1. The van der Waals surface area contributed by atoms with Crippen LogP contribution in [0, 0.1) is 19.8 Å². The molecule has 1 aromatic heterocycles. The van der Waals surface area contributed by atoms with Crippen molar-refractivity contribution >= 4 is 27.8 Å². The van der Waals surface area contributed by atoms with Crippen molar-refractivity contribution in [3.8, 4) is 5.69 Å². The van der Waals surface area contributed by atoms with Crippen molar-refractivity contribution in [2.24, 2.45) is 5.92 Å². The maximum absolute atomic E-state index is 12.8. The summed E-state index contributed by atoms with van der Waals surface area (Å²) in [6.07, 6.45) is 0.518. The summed E-state index contributed by atoms with van der Waals surface area (Å²) in [4.78, 5) is 25.6. The number of hydrogen-bond acceptors (Lipinski definition) is 2. The molecule has 1 atom stereocenters. The Balaban J connectivity index is 1.94. The maximum Gasteiger partial charge on any atom is 0.308 e. The second kappa shape index (κ2) is 6.43. The molecule has 1 aromatic carbocycles. The fraction of sp³-hybridized carbons (Fsp3) is 0.333. The highest BCUT2D eigenvalue weighted by atomic mass is 79.9. The Bertz CT molecular complexity index is 813. The molecule has 1 N–H and O–H groups in total. The summed E-state index contributed by atoms with van der Waals surface area (Å²) in [6.45, 7) is 4.67. The van der Waals surface area contributed by atoms with E-state index in [-0.39, 0.29) is 12.5 Å². The van der Waals surface area contributed by atoms with Gasteiger partial charge in [0.1, 0.15) is 0 Å². The van der Waals surface area contributed by atoms with Gasteiger partial charge >= 0.3 is 5.97 Å². The third-order valence-electron chi connectivity index (χ3n) is 4.58. The number of amides is 1. The van der Waals surface area contributed by atoms with Crippen LogP contribution in [-0.4, -0.2) is 39.5 Å². The minimum absolute atomic E-state index is 0.0925. The molecule has 0 radical (unpaired) electrons. The molecular weight excluding hydrogens is 372 g/mol. The normalized spacial score (nSPS) is 17.3. The minimum atomic E-state index is -0.830. The second-order valence-corrected chi connectivity index (χ2v) is 7.00. The molecule has 0 saturated carbocycles. The third kappa shape index (κ3) is 2.86. The number of aryl methyl sites for hydroxylation is 1.